The van der Waals surface area contributed by atoms with Crippen LogP contribution < -0.4 is 14.8 Å². The Morgan fingerprint density at radius 1 is 1.50 bits per heavy atom. The van der Waals surface area contributed by atoms with Crippen LogP contribution in [0, 0.1) is 10.1 Å². The number of hydrogen-bond donors (Lipinski definition) is 1. The van der Waals surface area contributed by atoms with Crippen LogP contribution in [0.5, 0.6) is 11.5 Å². The van der Waals surface area contributed by atoms with Crippen molar-refractivity contribution in [1.29, 1.82) is 0 Å². The molecule has 1 heterocycles. The number of morpholine rings is 1. The quantitative estimate of drug-likeness (QED) is 0.648. The van der Waals surface area contributed by atoms with E-state index in [0.717, 1.165) is 13.1 Å². The summed E-state index contributed by atoms with van der Waals surface area (Å²) in [7, 11) is 1.39. The molecule has 0 amide bonds. The van der Waals surface area contributed by atoms with Gasteiger partial charge in [-0.25, -0.2) is 0 Å². The maximum atomic E-state index is 10.8. The Balaban J connectivity index is 1.97. The summed E-state index contributed by atoms with van der Waals surface area (Å²) in [6.07, 6.45) is 0.128. The van der Waals surface area contributed by atoms with Crippen LogP contribution in [0.3, 0.4) is 0 Å². The molecule has 2 rings (SSSR count). The lowest BCUT2D eigenvalue weighted by molar-refractivity contribution is -0.385. The fourth-order valence-electron chi connectivity index (χ4n) is 2.06. The Morgan fingerprint density at radius 2 is 2.30 bits per heavy atom. The second-order valence-corrected chi connectivity index (χ2v) is 4.63. The van der Waals surface area contributed by atoms with Crippen molar-refractivity contribution in [2.24, 2.45) is 0 Å². The summed E-state index contributed by atoms with van der Waals surface area (Å²) in [6.45, 7) is 3.95. The van der Waals surface area contributed by atoms with Crippen molar-refractivity contribution < 1.29 is 19.1 Å². The zero-order valence-corrected chi connectivity index (χ0v) is 11.5. The van der Waals surface area contributed by atoms with Gasteiger partial charge in [0.15, 0.2) is 0 Å². The molecule has 0 aromatic heterocycles. The van der Waals surface area contributed by atoms with Gasteiger partial charge in [-0.2, -0.15) is 0 Å². The Morgan fingerprint density at radius 3 is 2.95 bits per heavy atom. The molecule has 7 heteroatoms. The molecule has 2 atom stereocenters. The van der Waals surface area contributed by atoms with Gasteiger partial charge in [0.1, 0.15) is 18.5 Å². The van der Waals surface area contributed by atoms with Crippen molar-refractivity contribution in [3.8, 4) is 11.5 Å². The van der Waals surface area contributed by atoms with Crippen molar-refractivity contribution in [1.82, 2.24) is 5.32 Å². The molecule has 20 heavy (non-hydrogen) atoms. The largest absolute Gasteiger partial charge is 0.491 e. The van der Waals surface area contributed by atoms with E-state index in [-0.39, 0.29) is 23.6 Å². The van der Waals surface area contributed by atoms with E-state index < -0.39 is 4.92 Å². The van der Waals surface area contributed by atoms with Crippen LogP contribution in [0.2, 0.25) is 0 Å². The van der Waals surface area contributed by atoms with E-state index in [2.05, 4.69) is 5.32 Å². The first-order valence-electron chi connectivity index (χ1n) is 6.41. The van der Waals surface area contributed by atoms with Gasteiger partial charge in [-0.15, -0.1) is 0 Å². The van der Waals surface area contributed by atoms with Gasteiger partial charge in [-0.05, 0) is 13.0 Å². The number of rotatable bonds is 5. The summed E-state index contributed by atoms with van der Waals surface area (Å²) < 4.78 is 16.3. The van der Waals surface area contributed by atoms with Crippen molar-refractivity contribution >= 4 is 5.69 Å². The van der Waals surface area contributed by atoms with Gasteiger partial charge in [0, 0.05) is 25.2 Å². The van der Waals surface area contributed by atoms with Crippen LogP contribution in [0.1, 0.15) is 6.92 Å². The van der Waals surface area contributed by atoms with E-state index in [4.69, 9.17) is 14.2 Å². The second-order valence-electron chi connectivity index (χ2n) is 4.63. The average molecular weight is 282 g/mol. The van der Waals surface area contributed by atoms with Crippen molar-refractivity contribution in [2.75, 3.05) is 26.8 Å². The highest BCUT2D eigenvalue weighted by Crippen LogP contribution is 2.30. The van der Waals surface area contributed by atoms with E-state index in [9.17, 15) is 10.1 Å². The van der Waals surface area contributed by atoms with Crippen molar-refractivity contribution in [3.05, 3.63) is 28.3 Å². The van der Waals surface area contributed by atoms with Crippen LogP contribution >= 0.6 is 0 Å². The number of benzene rings is 1. The Labute approximate surface area is 117 Å². The number of methoxy groups -OCH3 is 1. The lowest BCUT2D eigenvalue weighted by Crippen LogP contribution is -2.45. The molecule has 0 aliphatic carbocycles. The van der Waals surface area contributed by atoms with Crippen LogP contribution in [0.25, 0.3) is 0 Å². The van der Waals surface area contributed by atoms with E-state index in [0.29, 0.717) is 12.4 Å². The summed E-state index contributed by atoms with van der Waals surface area (Å²) in [6, 6.07) is 4.44. The standard InChI is InChI=1S/C13H18N2O5/c1-9-6-14-7-11(20-9)8-19-10-3-4-12(15(16)17)13(5-10)18-2/h3-5,9,11,14H,6-8H2,1-2H3. The topological polar surface area (TPSA) is 82.9 Å². The number of nitro benzene ring substituents is 1. The molecule has 1 fully saturated rings. The zero-order valence-electron chi connectivity index (χ0n) is 11.5. The second kappa shape index (κ2) is 6.53. The molecule has 0 bridgehead atoms. The average Bonchev–Trinajstić information content (AvgIpc) is 2.44. The lowest BCUT2D eigenvalue weighted by Gasteiger charge is -2.28. The molecular weight excluding hydrogens is 264 g/mol. The number of nitro groups is 1. The molecule has 0 spiro atoms. The van der Waals surface area contributed by atoms with E-state index in [1.807, 2.05) is 6.92 Å². The SMILES string of the molecule is COc1cc(OCC2CNCC(C)O2)ccc1[N+](=O)[O-]. The summed E-state index contributed by atoms with van der Waals surface area (Å²) >= 11 is 0. The van der Waals surface area contributed by atoms with Gasteiger partial charge in [-0.3, -0.25) is 10.1 Å². The molecule has 0 radical (unpaired) electrons. The third-order valence-corrected chi connectivity index (χ3v) is 3.01. The summed E-state index contributed by atoms with van der Waals surface area (Å²) in [5.74, 6) is 0.706. The number of nitrogens with one attached hydrogen (secondary N) is 1. The first-order valence-corrected chi connectivity index (χ1v) is 6.41. The molecule has 110 valence electrons. The molecule has 1 aliphatic heterocycles. The Bertz CT molecular complexity index is 480. The maximum Gasteiger partial charge on any atom is 0.311 e. The molecular formula is C13H18N2O5. The van der Waals surface area contributed by atoms with Crippen LogP contribution in [0.15, 0.2) is 18.2 Å². The zero-order chi connectivity index (χ0) is 14.5. The van der Waals surface area contributed by atoms with Gasteiger partial charge < -0.3 is 19.5 Å². The normalized spacial score (nSPS) is 22.3. The van der Waals surface area contributed by atoms with Gasteiger partial charge in [0.2, 0.25) is 5.75 Å². The smallest absolute Gasteiger partial charge is 0.311 e. The highest BCUT2D eigenvalue weighted by Gasteiger charge is 2.20. The molecule has 1 N–H and O–H groups in total. The fourth-order valence-corrected chi connectivity index (χ4v) is 2.06. The minimum atomic E-state index is -0.488. The minimum Gasteiger partial charge on any atom is -0.491 e. The number of hydrogen-bond acceptors (Lipinski definition) is 6. The fraction of sp³-hybridized carbons (Fsp3) is 0.538. The van der Waals surface area contributed by atoms with Gasteiger partial charge >= 0.3 is 5.69 Å². The molecule has 1 aromatic carbocycles. The third kappa shape index (κ3) is 3.58. The highest BCUT2D eigenvalue weighted by molar-refractivity contribution is 5.50. The van der Waals surface area contributed by atoms with Crippen LogP contribution in [-0.4, -0.2) is 43.9 Å². The Hall–Kier alpha value is -1.86. The number of nitrogens with zero attached hydrogens (tertiary/aromatic N) is 1. The molecule has 2 unspecified atom stereocenters. The van der Waals surface area contributed by atoms with Crippen LogP contribution in [-0.2, 0) is 4.74 Å². The number of ether oxygens (including phenoxy) is 3. The molecule has 1 saturated heterocycles. The van der Waals surface area contributed by atoms with Gasteiger partial charge in [0.25, 0.3) is 0 Å². The van der Waals surface area contributed by atoms with Gasteiger partial charge in [0.05, 0.1) is 18.1 Å². The minimum absolute atomic E-state index is 0.0278. The summed E-state index contributed by atoms with van der Waals surface area (Å²) in [4.78, 5) is 10.3. The van der Waals surface area contributed by atoms with Crippen molar-refractivity contribution in [3.63, 3.8) is 0 Å². The molecule has 0 saturated carbocycles. The Kier molecular flexibility index (Phi) is 4.75. The first kappa shape index (κ1) is 14.5. The monoisotopic (exact) mass is 282 g/mol. The predicted octanol–water partition coefficient (Wildman–Crippen LogP) is 1.36. The van der Waals surface area contributed by atoms with E-state index in [1.165, 1.54) is 19.2 Å². The van der Waals surface area contributed by atoms with Gasteiger partial charge in [-0.1, -0.05) is 0 Å². The van der Waals surface area contributed by atoms with Crippen molar-refractivity contribution in [2.45, 2.75) is 19.1 Å². The van der Waals surface area contributed by atoms with Crippen LogP contribution in [0.4, 0.5) is 5.69 Å². The summed E-state index contributed by atoms with van der Waals surface area (Å²) in [5.41, 5.74) is -0.0796. The maximum absolute atomic E-state index is 10.8. The lowest BCUT2D eigenvalue weighted by atomic mass is 10.2. The third-order valence-electron chi connectivity index (χ3n) is 3.01. The van der Waals surface area contributed by atoms with E-state index in [1.54, 1.807) is 6.07 Å². The highest BCUT2D eigenvalue weighted by atomic mass is 16.6. The molecule has 1 aromatic rings. The summed E-state index contributed by atoms with van der Waals surface area (Å²) in [5, 5.41) is 14.0. The molecule has 1 aliphatic rings. The van der Waals surface area contributed by atoms with E-state index >= 15 is 0 Å². The molecule has 7 nitrogen and oxygen atoms in total. The predicted molar refractivity (Wildman–Crippen MR) is 72.3 cm³/mol. The first-order chi connectivity index (χ1) is 9.60.